The summed E-state index contributed by atoms with van der Waals surface area (Å²) in [5, 5.41) is 18.5. The summed E-state index contributed by atoms with van der Waals surface area (Å²) in [5.41, 5.74) is 4.95. The number of benzene rings is 1. The standard InChI is InChI=1S/C20H18ClN3O.C4H10N2/c1-12-19(24-11-23-12)20(2,25)17-8-14-4-3-7-22-18(14)9-13-5-6-15(21)10-16(13)17;1-2-6-4-3-5-1/h3-8,10-11,25H,9H2,1-2H3,(H,23,24);5-6H,1-4H2. The predicted octanol–water partition coefficient (Wildman–Crippen LogP) is 3.30. The molecule has 0 bridgehead atoms. The van der Waals surface area contributed by atoms with E-state index < -0.39 is 5.60 Å². The zero-order valence-corrected chi connectivity index (χ0v) is 18.6. The number of halogens is 1. The first-order valence-electron chi connectivity index (χ1n) is 10.6. The van der Waals surface area contributed by atoms with E-state index in [1.165, 1.54) is 0 Å². The number of aromatic nitrogens is 3. The van der Waals surface area contributed by atoms with Gasteiger partial charge in [0.05, 0.1) is 17.7 Å². The third-order valence-electron chi connectivity index (χ3n) is 5.72. The molecule has 0 saturated carbocycles. The molecule has 7 heteroatoms. The van der Waals surface area contributed by atoms with Crippen molar-refractivity contribution in [1.29, 1.82) is 0 Å². The maximum atomic E-state index is 11.5. The largest absolute Gasteiger partial charge is 0.379 e. The molecule has 3 aromatic rings. The number of fused-ring (bicyclic) bond motifs is 2. The van der Waals surface area contributed by atoms with Crippen LogP contribution in [0.2, 0.25) is 5.02 Å². The van der Waals surface area contributed by atoms with Crippen LogP contribution in [-0.2, 0) is 12.0 Å². The van der Waals surface area contributed by atoms with Crippen molar-refractivity contribution in [2.24, 2.45) is 0 Å². The van der Waals surface area contributed by atoms with Crippen LogP contribution in [0.5, 0.6) is 0 Å². The Morgan fingerprint density at radius 1 is 1.06 bits per heavy atom. The van der Waals surface area contributed by atoms with Gasteiger partial charge in [0.2, 0.25) is 0 Å². The fourth-order valence-electron chi connectivity index (χ4n) is 4.08. The van der Waals surface area contributed by atoms with Crippen molar-refractivity contribution in [3.63, 3.8) is 0 Å². The normalized spacial score (nSPS) is 17.2. The number of hydrogen-bond acceptors (Lipinski definition) is 5. The molecule has 1 fully saturated rings. The zero-order valence-electron chi connectivity index (χ0n) is 17.9. The second-order valence-electron chi connectivity index (χ2n) is 8.02. The molecular weight excluding hydrogens is 410 g/mol. The Balaban J connectivity index is 0.000000334. The number of pyridine rings is 1. The number of piperazine rings is 1. The summed E-state index contributed by atoms with van der Waals surface area (Å²) < 4.78 is 0. The first-order valence-corrected chi connectivity index (χ1v) is 10.9. The minimum atomic E-state index is -1.26. The van der Waals surface area contributed by atoms with E-state index in [4.69, 9.17) is 11.6 Å². The Labute approximate surface area is 187 Å². The smallest absolute Gasteiger partial charge is 0.131 e. The van der Waals surface area contributed by atoms with Crippen LogP contribution in [0.1, 0.15) is 40.7 Å². The van der Waals surface area contributed by atoms with Crippen molar-refractivity contribution < 1.29 is 5.11 Å². The first-order chi connectivity index (χ1) is 15.0. The molecule has 1 aliphatic heterocycles. The zero-order chi connectivity index (χ0) is 21.8. The lowest BCUT2D eigenvalue weighted by Crippen LogP contribution is -2.39. The van der Waals surface area contributed by atoms with Crippen LogP contribution in [0.15, 0.2) is 42.9 Å². The van der Waals surface area contributed by atoms with Crippen molar-refractivity contribution in [2.75, 3.05) is 26.2 Å². The van der Waals surface area contributed by atoms with Crippen molar-refractivity contribution in [2.45, 2.75) is 25.9 Å². The maximum Gasteiger partial charge on any atom is 0.131 e. The molecule has 31 heavy (non-hydrogen) atoms. The van der Waals surface area contributed by atoms with Gasteiger partial charge >= 0.3 is 0 Å². The van der Waals surface area contributed by atoms with Crippen LogP contribution in [0.25, 0.3) is 11.6 Å². The summed E-state index contributed by atoms with van der Waals surface area (Å²) in [6, 6.07) is 9.71. The molecule has 1 saturated heterocycles. The minimum absolute atomic E-state index is 0.608. The molecule has 2 aromatic heterocycles. The molecule has 1 aromatic carbocycles. The molecule has 0 radical (unpaired) electrons. The van der Waals surface area contributed by atoms with Crippen LogP contribution in [-0.4, -0.2) is 46.2 Å². The van der Waals surface area contributed by atoms with Crippen LogP contribution >= 0.6 is 11.6 Å². The van der Waals surface area contributed by atoms with Gasteiger partial charge in [-0.1, -0.05) is 23.7 Å². The van der Waals surface area contributed by atoms with Crippen molar-refractivity contribution in [3.05, 3.63) is 81.7 Å². The van der Waals surface area contributed by atoms with Crippen LogP contribution in [0, 0.1) is 6.92 Å². The third kappa shape index (κ3) is 4.72. The lowest BCUT2D eigenvalue weighted by molar-refractivity contribution is 0.118. The van der Waals surface area contributed by atoms with Crippen LogP contribution < -0.4 is 10.6 Å². The Morgan fingerprint density at radius 3 is 2.45 bits per heavy atom. The topological polar surface area (TPSA) is 85.9 Å². The molecular formula is C24H28ClN5O. The second-order valence-corrected chi connectivity index (χ2v) is 8.46. The molecule has 1 aliphatic carbocycles. The lowest BCUT2D eigenvalue weighted by atomic mass is 9.84. The number of aromatic amines is 1. The average Bonchev–Trinajstić information content (AvgIpc) is 3.15. The summed E-state index contributed by atoms with van der Waals surface area (Å²) in [4.78, 5) is 11.9. The maximum absolute atomic E-state index is 11.5. The number of H-pyrrole nitrogens is 1. The van der Waals surface area contributed by atoms with Gasteiger partial charge in [0, 0.05) is 49.5 Å². The Bertz CT molecular complexity index is 1070. The first kappa shape index (κ1) is 21.7. The van der Waals surface area contributed by atoms with Crippen molar-refractivity contribution in [1.82, 2.24) is 25.6 Å². The SMILES string of the molecule is C1CNCCN1.Cc1[nH]cnc1C(C)(O)C1=Cc2cccnc2Cc2ccc(Cl)cc21. The summed E-state index contributed by atoms with van der Waals surface area (Å²) in [6.45, 7) is 8.23. The molecule has 4 N–H and O–H groups in total. The number of rotatable bonds is 2. The summed E-state index contributed by atoms with van der Waals surface area (Å²) >= 11 is 6.27. The second kappa shape index (κ2) is 9.32. The average molecular weight is 438 g/mol. The number of imidazole rings is 1. The van der Waals surface area contributed by atoms with Gasteiger partial charge in [0.25, 0.3) is 0 Å². The van der Waals surface area contributed by atoms with Gasteiger partial charge in [-0.2, -0.15) is 0 Å². The number of aryl methyl sites for hydroxylation is 1. The molecule has 162 valence electrons. The predicted molar refractivity (Wildman–Crippen MR) is 125 cm³/mol. The number of aliphatic hydroxyl groups is 1. The van der Waals surface area contributed by atoms with E-state index in [1.807, 2.05) is 43.3 Å². The third-order valence-corrected chi connectivity index (χ3v) is 5.95. The fourth-order valence-corrected chi connectivity index (χ4v) is 4.25. The highest BCUT2D eigenvalue weighted by atomic mass is 35.5. The monoisotopic (exact) mass is 437 g/mol. The molecule has 0 amide bonds. The Morgan fingerprint density at radius 2 is 1.81 bits per heavy atom. The van der Waals surface area contributed by atoms with E-state index in [2.05, 4.69) is 25.6 Å². The van der Waals surface area contributed by atoms with Crippen molar-refractivity contribution >= 4 is 23.3 Å². The van der Waals surface area contributed by atoms with Gasteiger partial charge in [0.15, 0.2) is 0 Å². The Kier molecular flexibility index (Phi) is 6.53. The van der Waals surface area contributed by atoms with E-state index in [1.54, 1.807) is 19.4 Å². The minimum Gasteiger partial charge on any atom is -0.379 e. The van der Waals surface area contributed by atoms with E-state index >= 15 is 0 Å². The molecule has 5 rings (SSSR count). The van der Waals surface area contributed by atoms with Crippen LogP contribution in [0.4, 0.5) is 0 Å². The summed E-state index contributed by atoms with van der Waals surface area (Å²) in [7, 11) is 0. The number of hydrogen-bond donors (Lipinski definition) is 4. The highest BCUT2D eigenvalue weighted by molar-refractivity contribution is 6.30. The molecule has 1 unspecified atom stereocenters. The highest BCUT2D eigenvalue weighted by Gasteiger charge is 2.35. The van der Waals surface area contributed by atoms with E-state index in [-0.39, 0.29) is 0 Å². The quantitative estimate of drug-likeness (QED) is 0.494. The molecule has 3 heterocycles. The molecule has 1 atom stereocenters. The molecule has 6 nitrogen and oxygen atoms in total. The van der Waals surface area contributed by atoms with E-state index in [0.717, 1.165) is 59.8 Å². The fraction of sp³-hybridized carbons (Fsp3) is 0.333. The van der Waals surface area contributed by atoms with E-state index in [9.17, 15) is 5.11 Å². The Hall–Kier alpha value is -2.51. The molecule has 0 spiro atoms. The van der Waals surface area contributed by atoms with Crippen LogP contribution in [0.3, 0.4) is 0 Å². The number of nitrogens with one attached hydrogen (secondary N) is 3. The van der Waals surface area contributed by atoms with Gasteiger partial charge in [-0.3, -0.25) is 4.98 Å². The van der Waals surface area contributed by atoms with Gasteiger partial charge < -0.3 is 20.7 Å². The van der Waals surface area contributed by atoms with E-state index in [0.29, 0.717) is 17.1 Å². The van der Waals surface area contributed by atoms with Crippen molar-refractivity contribution in [3.8, 4) is 0 Å². The summed E-state index contributed by atoms with van der Waals surface area (Å²) in [5.74, 6) is 0. The molecule has 2 aliphatic rings. The van der Waals surface area contributed by atoms with Gasteiger partial charge in [-0.15, -0.1) is 0 Å². The summed E-state index contributed by atoms with van der Waals surface area (Å²) in [6.07, 6.45) is 6.09. The van der Waals surface area contributed by atoms with Gasteiger partial charge in [-0.05, 0) is 60.4 Å². The lowest BCUT2D eigenvalue weighted by Gasteiger charge is -2.27. The number of nitrogens with zero attached hydrogens (tertiary/aromatic N) is 2. The highest BCUT2D eigenvalue weighted by Crippen LogP contribution is 2.42. The van der Waals surface area contributed by atoms with Gasteiger partial charge in [0.1, 0.15) is 5.60 Å². The van der Waals surface area contributed by atoms with Gasteiger partial charge in [-0.25, -0.2) is 4.98 Å².